The minimum Gasteiger partial charge on any atom is -0.459 e. The number of esters is 1. The number of nitrogens with zero attached hydrogens (tertiary/aromatic N) is 1. The molecule has 0 unspecified atom stereocenters. The highest BCUT2D eigenvalue weighted by Gasteiger charge is 2.12. The normalized spacial score (nSPS) is 10.8. The third-order valence-corrected chi connectivity index (χ3v) is 4.07. The lowest BCUT2D eigenvalue weighted by Crippen LogP contribution is -2.32. The van der Waals surface area contributed by atoms with Crippen LogP contribution in [-0.4, -0.2) is 15.7 Å². The zero-order valence-corrected chi connectivity index (χ0v) is 14.4. The number of carbonyl (C=O) groups excluding carboxylic acids is 1. The van der Waals surface area contributed by atoms with Crippen molar-refractivity contribution in [3.63, 3.8) is 0 Å². The molecule has 8 heteroatoms. The average molecular weight is 407 g/mol. The summed E-state index contributed by atoms with van der Waals surface area (Å²) >= 11 is 3.14. The van der Waals surface area contributed by atoms with E-state index in [9.17, 15) is 18.8 Å². The first-order chi connectivity index (χ1) is 12.0. The van der Waals surface area contributed by atoms with E-state index in [1.807, 2.05) is 0 Å². The van der Waals surface area contributed by atoms with Gasteiger partial charge in [0.1, 0.15) is 19.0 Å². The van der Waals surface area contributed by atoms with E-state index in [4.69, 9.17) is 4.74 Å². The number of hydrogen-bond donors (Lipinski definition) is 1. The fraction of sp³-hybridized carbons (Fsp3) is 0.118. The van der Waals surface area contributed by atoms with Gasteiger partial charge in [0, 0.05) is 10.0 Å². The van der Waals surface area contributed by atoms with Crippen molar-refractivity contribution in [3.05, 3.63) is 79.0 Å². The summed E-state index contributed by atoms with van der Waals surface area (Å²) in [5.74, 6) is -1.28. The molecule has 0 radical (unpaired) electrons. The number of carbonyl (C=O) groups is 1. The highest BCUT2D eigenvalue weighted by molar-refractivity contribution is 9.10. The Labute approximate surface area is 149 Å². The van der Waals surface area contributed by atoms with Crippen LogP contribution in [0, 0.1) is 5.82 Å². The highest BCUT2D eigenvalue weighted by Crippen LogP contribution is 2.16. The van der Waals surface area contributed by atoms with Gasteiger partial charge in [-0.05, 0) is 24.3 Å². The predicted molar refractivity (Wildman–Crippen MR) is 92.7 cm³/mol. The van der Waals surface area contributed by atoms with Gasteiger partial charge in [-0.1, -0.05) is 34.1 Å². The first-order valence-corrected chi connectivity index (χ1v) is 8.06. The lowest BCUT2D eigenvalue weighted by molar-refractivity contribution is -0.146. The van der Waals surface area contributed by atoms with Crippen molar-refractivity contribution in [1.82, 2.24) is 9.78 Å². The Balaban J connectivity index is 1.77. The molecule has 0 aliphatic rings. The standard InChI is InChI=1S/C17H12BrFN2O4/c18-11-6-5-10(14(19)7-11)9-25-15(22)8-21-17(24)13-4-2-1-3-12(13)16(23)20-21/h1-7H,8-9H2,(H,20,23). The molecule has 3 rings (SSSR count). The van der Waals surface area contributed by atoms with E-state index >= 15 is 0 Å². The zero-order valence-electron chi connectivity index (χ0n) is 12.8. The summed E-state index contributed by atoms with van der Waals surface area (Å²) in [6.07, 6.45) is 0. The molecule has 3 aromatic rings. The number of fused-ring (bicyclic) bond motifs is 1. The molecule has 0 aliphatic carbocycles. The molecule has 6 nitrogen and oxygen atoms in total. The van der Waals surface area contributed by atoms with Crippen LogP contribution in [-0.2, 0) is 22.7 Å². The first kappa shape index (κ1) is 17.1. The minimum atomic E-state index is -0.768. The maximum atomic E-state index is 13.7. The van der Waals surface area contributed by atoms with Crippen molar-refractivity contribution in [2.45, 2.75) is 13.2 Å². The van der Waals surface area contributed by atoms with Gasteiger partial charge in [-0.15, -0.1) is 0 Å². The van der Waals surface area contributed by atoms with E-state index in [-0.39, 0.29) is 22.9 Å². The largest absolute Gasteiger partial charge is 0.459 e. The predicted octanol–water partition coefficient (Wildman–Crippen LogP) is 2.33. The number of H-pyrrole nitrogens is 1. The van der Waals surface area contributed by atoms with Crippen molar-refractivity contribution in [3.8, 4) is 0 Å². The van der Waals surface area contributed by atoms with Gasteiger partial charge in [-0.25, -0.2) is 9.07 Å². The van der Waals surface area contributed by atoms with Crippen LogP contribution in [0.25, 0.3) is 10.8 Å². The second-order valence-electron chi connectivity index (χ2n) is 5.27. The van der Waals surface area contributed by atoms with Crippen LogP contribution in [0.3, 0.4) is 0 Å². The molecule has 0 amide bonds. The molecule has 0 fully saturated rings. The summed E-state index contributed by atoms with van der Waals surface area (Å²) in [4.78, 5) is 36.2. The van der Waals surface area contributed by atoms with Crippen molar-refractivity contribution >= 4 is 32.7 Å². The third-order valence-electron chi connectivity index (χ3n) is 3.57. The SMILES string of the molecule is O=C(Cn1[nH]c(=O)c2ccccc2c1=O)OCc1ccc(Br)cc1F. The summed E-state index contributed by atoms with van der Waals surface area (Å²) in [6.45, 7) is -0.748. The molecule has 128 valence electrons. The van der Waals surface area contributed by atoms with Crippen molar-refractivity contribution < 1.29 is 13.9 Å². The molecule has 1 N–H and O–H groups in total. The molecule has 0 bridgehead atoms. The highest BCUT2D eigenvalue weighted by atomic mass is 79.9. The van der Waals surface area contributed by atoms with E-state index in [2.05, 4.69) is 21.0 Å². The Morgan fingerprint density at radius 1 is 1.16 bits per heavy atom. The van der Waals surface area contributed by atoms with Gasteiger partial charge in [-0.3, -0.25) is 19.5 Å². The number of benzene rings is 2. The maximum absolute atomic E-state index is 13.7. The maximum Gasteiger partial charge on any atom is 0.328 e. The van der Waals surface area contributed by atoms with Crippen LogP contribution in [0.4, 0.5) is 4.39 Å². The van der Waals surface area contributed by atoms with Gasteiger partial charge in [0.2, 0.25) is 0 Å². The molecule has 1 aromatic heterocycles. The van der Waals surface area contributed by atoms with Crippen LogP contribution in [0.5, 0.6) is 0 Å². The average Bonchev–Trinajstić information content (AvgIpc) is 2.59. The Morgan fingerprint density at radius 2 is 1.88 bits per heavy atom. The first-order valence-electron chi connectivity index (χ1n) is 7.27. The van der Waals surface area contributed by atoms with E-state index in [0.717, 1.165) is 4.68 Å². The molecular formula is C17H12BrFN2O4. The second-order valence-corrected chi connectivity index (χ2v) is 6.19. The van der Waals surface area contributed by atoms with Gasteiger partial charge in [0.05, 0.1) is 10.8 Å². The lowest BCUT2D eigenvalue weighted by atomic mass is 10.2. The van der Waals surface area contributed by atoms with Gasteiger partial charge < -0.3 is 4.74 Å². The Hall–Kier alpha value is -2.74. The summed E-state index contributed by atoms with van der Waals surface area (Å²) in [5.41, 5.74) is -0.792. The summed E-state index contributed by atoms with van der Waals surface area (Å²) in [5, 5.41) is 2.78. The number of halogens is 2. The zero-order chi connectivity index (χ0) is 18.0. The quantitative estimate of drug-likeness (QED) is 0.674. The molecule has 0 spiro atoms. The summed E-state index contributed by atoms with van der Waals surface area (Å²) in [7, 11) is 0. The second kappa shape index (κ2) is 7.02. The Morgan fingerprint density at radius 3 is 2.60 bits per heavy atom. The Bertz CT molecular complexity index is 1070. The fourth-order valence-electron chi connectivity index (χ4n) is 2.33. The van der Waals surface area contributed by atoms with Crippen molar-refractivity contribution in [2.24, 2.45) is 0 Å². The number of rotatable bonds is 4. The number of aromatic nitrogens is 2. The third kappa shape index (κ3) is 3.69. The van der Waals surface area contributed by atoms with Gasteiger partial charge >= 0.3 is 5.97 Å². The van der Waals surface area contributed by atoms with Gasteiger partial charge in [-0.2, -0.15) is 0 Å². The van der Waals surface area contributed by atoms with Crippen molar-refractivity contribution in [2.75, 3.05) is 0 Å². The molecule has 25 heavy (non-hydrogen) atoms. The smallest absolute Gasteiger partial charge is 0.328 e. The van der Waals surface area contributed by atoms with E-state index in [1.54, 1.807) is 18.2 Å². The summed E-state index contributed by atoms with van der Waals surface area (Å²) < 4.78 is 20.1. The number of aromatic amines is 1. The molecule has 2 aromatic carbocycles. The molecule has 0 saturated carbocycles. The molecular weight excluding hydrogens is 395 g/mol. The summed E-state index contributed by atoms with van der Waals surface area (Å²) in [6, 6.07) is 10.7. The van der Waals surface area contributed by atoms with Crippen LogP contribution < -0.4 is 11.1 Å². The lowest BCUT2D eigenvalue weighted by Gasteiger charge is -2.08. The van der Waals surface area contributed by atoms with Crippen LogP contribution in [0.2, 0.25) is 0 Å². The minimum absolute atomic E-state index is 0.205. The van der Waals surface area contributed by atoms with Crippen LogP contribution in [0.15, 0.2) is 56.5 Å². The number of nitrogens with one attached hydrogen (secondary N) is 1. The van der Waals surface area contributed by atoms with Gasteiger partial charge in [0.25, 0.3) is 11.1 Å². The Kier molecular flexibility index (Phi) is 4.80. The van der Waals surface area contributed by atoms with Crippen LogP contribution >= 0.6 is 15.9 Å². The van der Waals surface area contributed by atoms with Gasteiger partial charge in [0.15, 0.2) is 0 Å². The molecule has 0 aliphatic heterocycles. The molecule has 1 heterocycles. The molecule has 0 saturated heterocycles. The topological polar surface area (TPSA) is 81.2 Å². The van der Waals surface area contributed by atoms with E-state index < -0.39 is 29.4 Å². The number of hydrogen-bond acceptors (Lipinski definition) is 4. The monoisotopic (exact) mass is 406 g/mol. The van der Waals surface area contributed by atoms with Crippen LogP contribution in [0.1, 0.15) is 5.56 Å². The number of ether oxygens (including phenoxy) is 1. The van der Waals surface area contributed by atoms with Crippen molar-refractivity contribution in [1.29, 1.82) is 0 Å². The molecule has 0 atom stereocenters. The van der Waals surface area contributed by atoms with E-state index in [1.165, 1.54) is 24.3 Å². The fourth-order valence-corrected chi connectivity index (χ4v) is 2.66. The van der Waals surface area contributed by atoms with E-state index in [0.29, 0.717) is 4.47 Å².